The number of ketones is 1. The first kappa shape index (κ1) is 14.8. The van der Waals surface area contributed by atoms with E-state index in [1.807, 2.05) is 0 Å². The van der Waals surface area contributed by atoms with Crippen molar-refractivity contribution in [3.8, 4) is 0 Å². The van der Waals surface area contributed by atoms with Gasteiger partial charge in [-0.3, -0.25) is 9.59 Å². The molecule has 0 aromatic heterocycles. The number of carbonyl (C=O) groups excluding carboxylic acids is 2. The highest BCUT2D eigenvalue weighted by atomic mass is 19.4. The Morgan fingerprint density at radius 3 is 2.11 bits per heavy atom. The second-order valence-corrected chi connectivity index (χ2v) is 4.05. The van der Waals surface area contributed by atoms with Crippen LogP contribution in [0.4, 0.5) is 22.0 Å². The molecule has 0 spiro atoms. The van der Waals surface area contributed by atoms with E-state index >= 15 is 0 Å². The molecule has 3 nitrogen and oxygen atoms in total. The van der Waals surface area contributed by atoms with Crippen molar-refractivity contribution < 1.29 is 36.3 Å². The van der Waals surface area contributed by atoms with E-state index in [0.29, 0.717) is 0 Å². The summed E-state index contributed by atoms with van der Waals surface area (Å²) in [5, 5.41) is 0. The highest BCUT2D eigenvalue weighted by Crippen LogP contribution is 2.30. The number of esters is 1. The summed E-state index contributed by atoms with van der Waals surface area (Å²) >= 11 is 0. The maximum Gasteiger partial charge on any atom is 0.431 e. The number of carbonyl (C=O) groups is 2. The third-order valence-electron chi connectivity index (χ3n) is 2.67. The number of Topliss-reactive ketones (excluding diaryl/α,β-unsaturated/α-hetero) is 1. The fourth-order valence-corrected chi connectivity index (χ4v) is 1.66. The van der Waals surface area contributed by atoms with Gasteiger partial charge in [0.05, 0.1) is 5.92 Å². The minimum atomic E-state index is -5.30. The zero-order valence-electron chi connectivity index (χ0n) is 9.18. The molecule has 1 aliphatic carbocycles. The van der Waals surface area contributed by atoms with Crippen LogP contribution >= 0.6 is 0 Å². The Labute approximate surface area is 99.3 Å². The average Bonchev–Trinajstić information content (AvgIpc) is 2.24. The van der Waals surface area contributed by atoms with Gasteiger partial charge in [-0.1, -0.05) is 0 Å². The number of alkyl halides is 5. The van der Waals surface area contributed by atoms with Gasteiger partial charge in [-0.05, 0) is 12.8 Å². The summed E-state index contributed by atoms with van der Waals surface area (Å²) in [6.07, 6.45) is -12.3. The topological polar surface area (TPSA) is 43.4 Å². The summed E-state index contributed by atoms with van der Waals surface area (Å²) in [4.78, 5) is 22.2. The summed E-state index contributed by atoms with van der Waals surface area (Å²) < 4.78 is 64.5. The molecule has 1 rings (SSSR count). The van der Waals surface area contributed by atoms with Gasteiger partial charge in [-0.15, -0.1) is 0 Å². The lowest BCUT2D eigenvalue weighted by Gasteiger charge is -2.24. The van der Waals surface area contributed by atoms with Crippen LogP contribution in [0.1, 0.15) is 25.7 Å². The molecule has 1 unspecified atom stereocenters. The molecule has 0 radical (unpaired) electrons. The van der Waals surface area contributed by atoms with Crippen LogP contribution < -0.4 is 0 Å². The molecule has 0 aromatic rings. The van der Waals surface area contributed by atoms with Gasteiger partial charge in [-0.2, -0.15) is 13.2 Å². The van der Waals surface area contributed by atoms with E-state index in [4.69, 9.17) is 0 Å². The Balaban J connectivity index is 2.59. The quantitative estimate of drug-likeness (QED) is 0.586. The molecule has 8 heteroatoms. The predicted octanol–water partition coefficient (Wildman–Crippen LogP) is 2.48. The largest absolute Gasteiger partial charge is 0.446 e. The van der Waals surface area contributed by atoms with E-state index in [1.165, 1.54) is 0 Å². The SMILES string of the molecule is O=C1CCC(C(=O)OC(C(F)F)C(F)(F)F)CC1. The van der Waals surface area contributed by atoms with Gasteiger partial charge in [0, 0.05) is 12.8 Å². The lowest BCUT2D eigenvalue weighted by molar-refractivity contribution is -0.251. The van der Waals surface area contributed by atoms with Crippen molar-refractivity contribution in [2.45, 2.75) is 44.4 Å². The van der Waals surface area contributed by atoms with Crippen molar-refractivity contribution in [3.05, 3.63) is 0 Å². The van der Waals surface area contributed by atoms with Gasteiger partial charge in [0.2, 0.25) is 0 Å². The van der Waals surface area contributed by atoms with E-state index in [0.717, 1.165) is 0 Å². The van der Waals surface area contributed by atoms with E-state index in [2.05, 4.69) is 4.74 Å². The minimum absolute atomic E-state index is 0.0471. The summed E-state index contributed by atoms with van der Waals surface area (Å²) in [7, 11) is 0. The molecule has 1 aliphatic rings. The normalized spacial score (nSPS) is 20.0. The van der Waals surface area contributed by atoms with Gasteiger partial charge in [-0.25, -0.2) is 8.78 Å². The van der Waals surface area contributed by atoms with Crippen LogP contribution in [-0.2, 0) is 14.3 Å². The van der Waals surface area contributed by atoms with Crippen molar-refractivity contribution in [1.82, 2.24) is 0 Å². The minimum Gasteiger partial charge on any atom is -0.446 e. The van der Waals surface area contributed by atoms with Crippen LogP contribution in [-0.4, -0.2) is 30.5 Å². The van der Waals surface area contributed by atoms with E-state index in [9.17, 15) is 31.5 Å². The molecule has 0 amide bonds. The van der Waals surface area contributed by atoms with E-state index < -0.39 is 30.6 Å². The molecule has 104 valence electrons. The lowest BCUT2D eigenvalue weighted by Crippen LogP contribution is -2.41. The molecule has 0 bridgehead atoms. The molecular formula is C10H11F5O3. The number of hydrogen-bond donors (Lipinski definition) is 0. The average molecular weight is 274 g/mol. The van der Waals surface area contributed by atoms with Crippen LogP contribution in [0.25, 0.3) is 0 Å². The Hall–Kier alpha value is -1.21. The zero-order valence-corrected chi connectivity index (χ0v) is 9.18. The molecule has 1 saturated carbocycles. The summed E-state index contributed by atoms with van der Waals surface area (Å²) in [6, 6.07) is 0. The summed E-state index contributed by atoms with van der Waals surface area (Å²) in [5.41, 5.74) is 0. The van der Waals surface area contributed by atoms with E-state index in [1.54, 1.807) is 0 Å². The van der Waals surface area contributed by atoms with Gasteiger partial charge in [0.25, 0.3) is 12.5 Å². The molecular weight excluding hydrogens is 263 g/mol. The fourth-order valence-electron chi connectivity index (χ4n) is 1.66. The summed E-state index contributed by atoms with van der Waals surface area (Å²) in [6.45, 7) is 0. The van der Waals surface area contributed by atoms with Crippen molar-refractivity contribution in [2.24, 2.45) is 5.92 Å². The first-order valence-corrected chi connectivity index (χ1v) is 5.29. The first-order chi connectivity index (χ1) is 8.21. The predicted molar refractivity (Wildman–Crippen MR) is 48.9 cm³/mol. The highest BCUT2D eigenvalue weighted by molar-refractivity contribution is 5.82. The number of rotatable bonds is 3. The Morgan fingerprint density at radius 2 is 1.72 bits per heavy atom. The van der Waals surface area contributed by atoms with Crippen LogP contribution in [0, 0.1) is 5.92 Å². The molecule has 0 saturated heterocycles. The van der Waals surface area contributed by atoms with E-state index in [-0.39, 0.29) is 31.5 Å². The zero-order chi connectivity index (χ0) is 13.9. The van der Waals surface area contributed by atoms with Crippen LogP contribution in [0.15, 0.2) is 0 Å². The van der Waals surface area contributed by atoms with Crippen molar-refractivity contribution in [2.75, 3.05) is 0 Å². The number of halogens is 5. The fraction of sp³-hybridized carbons (Fsp3) is 0.800. The number of hydrogen-bond acceptors (Lipinski definition) is 3. The van der Waals surface area contributed by atoms with Gasteiger partial charge in [0.15, 0.2) is 0 Å². The third-order valence-corrected chi connectivity index (χ3v) is 2.67. The molecule has 1 atom stereocenters. The standard InChI is InChI=1S/C10H11F5O3/c11-8(12)7(10(13,14)15)18-9(17)5-1-3-6(16)4-2-5/h5,7-8H,1-4H2. The second-order valence-electron chi connectivity index (χ2n) is 4.05. The van der Waals surface area contributed by atoms with Gasteiger partial charge < -0.3 is 4.74 Å². The smallest absolute Gasteiger partial charge is 0.431 e. The number of ether oxygens (including phenoxy) is 1. The monoisotopic (exact) mass is 274 g/mol. The molecule has 0 heterocycles. The molecule has 0 N–H and O–H groups in total. The summed E-state index contributed by atoms with van der Waals surface area (Å²) in [5.74, 6) is -2.32. The van der Waals surface area contributed by atoms with Crippen LogP contribution in [0.3, 0.4) is 0 Å². The van der Waals surface area contributed by atoms with Crippen LogP contribution in [0.5, 0.6) is 0 Å². The highest BCUT2D eigenvalue weighted by Gasteiger charge is 2.49. The first-order valence-electron chi connectivity index (χ1n) is 5.29. The maximum absolute atomic E-state index is 12.1. The van der Waals surface area contributed by atoms with Crippen molar-refractivity contribution in [1.29, 1.82) is 0 Å². The molecule has 18 heavy (non-hydrogen) atoms. The van der Waals surface area contributed by atoms with Gasteiger partial charge in [0.1, 0.15) is 5.78 Å². The molecule has 1 fully saturated rings. The Kier molecular flexibility index (Phi) is 4.64. The van der Waals surface area contributed by atoms with Gasteiger partial charge >= 0.3 is 12.1 Å². The lowest BCUT2D eigenvalue weighted by atomic mass is 9.88. The Bertz CT molecular complexity index is 316. The van der Waals surface area contributed by atoms with Crippen LogP contribution in [0.2, 0.25) is 0 Å². The molecule has 0 aliphatic heterocycles. The Morgan fingerprint density at radius 1 is 1.22 bits per heavy atom. The second kappa shape index (κ2) is 5.62. The third kappa shape index (κ3) is 3.92. The van der Waals surface area contributed by atoms with Crippen molar-refractivity contribution in [3.63, 3.8) is 0 Å². The maximum atomic E-state index is 12.1. The van der Waals surface area contributed by atoms with Crippen molar-refractivity contribution >= 4 is 11.8 Å². The molecule has 0 aromatic carbocycles.